The number of hydrogen-bond acceptors (Lipinski definition) is 4. The van der Waals surface area contributed by atoms with Crippen LogP contribution in [0, 0.1) is 0 Å². The molecule has 0 fully saturated rings. The van der Waals surface area contributed by atoms with E-state index < -0.39 is 0 Å². The van der Waals surface area contributed by atoms with E-state index in [4.69, 9.17) is 19.4 Å². The Hall–Kier alpha value is -6.91. The van der Waals surface area contributed by atoms with Crippen LogP contribution in [0.1, 0.15) is 0 Å². The SMILES string of the molecule is c1ccc(-c2nc(-c3ccc(-c4cccc5ccccc45)cc3)nc(-c3cccc4c(-c5cccc6oc7ccccc7c56)cccc34)n2)cc1. The van der Waals surface area contributed by atoms with E-state index in [1.807, 2.05) is 48.5 Å². The Labute approximate surface area is 294 Å². The third kappa shape index (κ3) is 4.96. The number of fused-ring (bicyclic) bond motifs is 5. The first-order valence-electron chi connectivity index (χ1n) is 17.1. The van der Waals surface area contributed by atoms with Crippen molar-refractivity contribution in [2.24, 2.45) is 0 Å². The molecule has 0 bridgehead atoms. The third-order valence-electron chi connectivity index (χ3n) is 9.77. The Kier molecular flexibility index (Phi) is 6.78. The minimum absolute atomic E-state index is 0.631. The van der Waals surface area contributed by atoms with Gasteiger partial charge in [-0.2, -0.15) is 0 Å². The van der Waals surface area contributed by atoms with Crippen molar-refractivity contribution in [2.75, 3.05) is 0 Å². The summed E-state index contributed by atoms with van der Waals surface area (Å²) in [7, 11) is 0. The monoisotopic (exact) mass is 651 g/mol. The standard InChI is InChI=1S/C47H29N3O/c1-2-13-32(14-3-1)45-48-46(33-28-26-31(27-29-33)35-18-8-15-30-12-4-5-16-34(30)35)50-47(49-45)40-23-10-19-36-37(20-9-21-38(36)40)39-22-11-25-43-44(39)41-17-6-7-24-42(41)51-43/h1-29H. The summed E-state index contributed by atoms with van der Waals surface area (Å²) in [6.07, 6.45) is 0. The lowest BCUT2D eigenvalue weighted by Crippen LogP contribution is -2.00. The number of benzene rings is 8. The zero-order valence-electron chi connectivity index (χ0n) is 27.5. The van der Waals surface area contributed by atoms with Crippen LogP contribution in [0.5, 0.6) is 0 Å². The molecule has 0 unspecified atom stereocenters. The molecule has 10 aromatic rings. The fraction of sp³-hybridized carbons (Fsp3) is 0. The first-order chi connectivity index (χ1) is 25.3. The fourth-order valence-corrected chi connectivity index (χ4v) is 7.36. The molecule has 0 radical (unpaired) electrons. The van der Waals surface area contributed by atoms with Crippen molar-refractivity contribution in [1.82, 2.24) is 15.0 Å². The van der Waals surface area contributed by atoms with Gasteiger partial charge in [0, 0.05) is 27.5 Å². The molecule has 4 nitrogen and oxygen atoms in total. The van der Waals surface area contributed by atoms with Gasteiger partial charge in [-0.05, 0) is 55.9 Å². The van der Waals surface area contributed by atoms with Crippen LogP contribution in [0.15, 0.2) is 180 Å². The second kappa shape index (κ2) is 11.9. The highest BCUT2D eigenvalue weighted by Crippen LogP contribution is 2.41. The predicted molar refractivity (Wildman–Crippen MR) is 209 cm³/mol. The molecular weight excluding hydrogens is 623 g/mol. The molecule has 0 saturated carbocycles. The van der Waals surface area contributed by atoms with E-state index in [0.717, 1.165) is 66.1 Å². The van der Waals surface area contributed by atoms with Crippen LogP contribution >= 0.6 is 0 Å². The zero-order valence-corrected chi connectivity index (χ0v) is 27.5. The number of rotatable bonds is 5. The van der Waals surface area contributed by atoms with Crippen molar-refractivity contribution < 1.29 is 4.42 Å². The van der Waals surface area contributed by atoms with Crippen molar-refractivity contribution in [3.05, 3.63) is 176 Å². The summed E-state index contributed by atoms with van der Waals surface area (Å²) in [6, 6.07) is 61.0. The van der Waals surface area contributed by atoms with Crippen molar-refractivity contribution >= 4 is 43.5 Å². The molecule has 0 aliphatic heterocycles. The molecule has 8 aromatic carbocycles. The summed E-state index contributed by atoms with van der Waals surface area (Å²) >= 11 is 0. The van der Waals surface area contributed by atoms with E-state index in [0.29, 0.717) is 17.5 Å². The van der Waals surface area contributed by atoms with Gasteiger partial charge in [-0.15, -0.1) is 0 Å². The molecule has 0 aliphatic rings. The fourth-order valence-electron chi connectivity index (χ4n) is 7.36. The minimum Gasteiger partial charge on any atom is -0.456 e. The summed E-state index contributed by atoms with van der Waals surface area (Å²) in [5.74, 6) is 1.90. The molecule has 0 spiro atoms. The Morgan fingerprint density at radius 2 is 0.804 bits per heavy atom. The van der Waals surface area contributed by atoms with Gasteiger partial charge in [0.1, 0.15) is 11.2 Å². The highest BCUT2D eigenvalue weighted by Gasteiger charge is 2.18. The van der Waals surface area contributed by atoms with E-state index in [9.17, 15) is 0 Å². The molecule has 238 valence electrons. The minimum atomic E-state index is 0.631. The van der Waals surface area contributed by atoms with E-state index in [1.54, 1.807) is 0 Å². The Morgan fingerprint density at radius 1 is 0.294 bits per heavy atom. The Balaban J connectivity index is 1.13. The molecule has 51 heavy (non-hydrogen) atoms. The summed E-state index contributed by atoms with van der Waals surface area (Å²) in [6.45, 7) is 0. The summed E-state index contributed by atoms with van der Waals surface area (Å²) in [4.78, 5) is 15.3. The van der Waals surface area contributed by atoms with Crippen LogP contribution in [0.4, 0.5) is 0 Å². The average molecular weight is 652 g/mol. The molecule has 0 saturated heterocycles. The van der Waals surface area contributed by atoms with Crippen molar-refractivity contribution in [1.29, 1.82) is 0 Å². The topological polar surface area (TPSA) is 51.8 Å². The quantitative estimate of drug-likeness (QED) is 0.186. The van der Waals surface area contributed by atoms with Gasteiger partial charge in [0.2, 0.25) is 0 Å². The van der Waals surface area contributed by atoms with Gasteiger partial charge >= 0.3 is 0 Å². The number of nitrogens with zero attached hydrogens (tertiary/aromatic N) is 3. The molecule has 4 heteroatoms. The van der Waals surface area contributed by atoms with Crippen LogP contribution in [0.2, 0.25) is 0 Å². The van der Waals surface area contributed by atoms with Gasteiger partial charge in [-0.3, -0.25) is 0 Å². The van der Waals surface area contributed by atoms with Gasteiger partial charge < -0.3 is 4.42 Å². The van der Waals surface area contributed by atoms with Crippen molar-refractivity contribution in [2.45, 2.75) is 0 Å². The maximum Gasteiger partial charge on any atom is 0.164 e. The van der Waals surface area contributed by atoms with Gasteiger partial charge in [-0.25, -0.2) is 15.0 Å². The lowest BCUT2D eigenvalue weighted by atomic mass is 9.93. The molecular formula is C47H29N3O. The number of hydrogen-bond donors (Lipinski definition) is 0. The second-order valence-corrected chi connectivity index (χ2v) is 12.8. The van der Waals surface area contributed by atoms with E-state index in [1.165, 1.54) is 16.3 Å². The highest BCUT2D eigenvalue weighted by atomic mass is 16.3. The first kappa shape index (κ1) is 29.0. The molecule has 2 heterocycles. The molecule has 0 amide bonds. The lowest BCUT2D eigenvalue weighted by molar-refractivity contribution is 0.669. The maximum atomic E-state index is 6.25. The highest BCUT2D eigenvalue weighted by molar-refractivity contribution is 6.16. The van der Waals surface area contributed by atoms with E-state index in [-0.39, 0.29) is 0 Å². The van der Waals surface area contributed by atoms with Crippen LogP contribution in [-0.2, 0) is 0 Å². The van der Waals surface area contributed by atoms with Gasteiger partial charge in [0.05, 0.1) is 0 Å². The van der Waals surface area contributed by atoms with Gasteiger partial charge in [0.15, 0.2) is 17.5 Å². The molecule has 0 aliphatic carbocycles. The predicted octanol–water partition coefficient (Wildman–Crippen LogP) is 12.4. The largest absolute Gasteiger partial charge is 0.456 e. The van der Waals surface area contributed by atoms with E-state index in [2.05, 4.69) is 127 Å². The maximum absolute atomic E-state index is 6.25. The second-order valence-electron chi connectivity index (χ2n) is 12.8. The van der Waals surface area contributed by atoms with Crippen LogP contribution in [0.25, 0.3) is 99.9 Å². The zero-order chi connectivity index (χ0) is 33.7. The normalized spacial score (nSPS) is 11.5. The van der Waals surface area contributed by atoms with E-state index >= 15 is 0 Å². The van der Waals surface area contributed by atoms with Crippen molar-refractivity contribution in [3.63, 3.8) is 0 Å². The summed E-state index contributed by atoms with van der Waals surface area (Å²) in [5.41, 5.74) is 9.20. The molecule has 0 atom stereocenters. The van der Waals surface area contributed by atoms with Crippen LogP contribution in [-0.4, -0.2) is 15.0 Å². The van der Waals surface area contributed by atoms with Crippen LogP contribution < -0.4 is 0 Å². The Morgan fingerprint density at radius 3 is 1.63 bits per heavy atom. The lowest BCUT2D eigenvalue weighted by Gasteiger charge is -2.13. The van der Waals surface area contributed by atoms with Crippen LogP contribution in [0.3, 0.4) is 0 Å². The molecule has 2 aromatic heterocycles. The van der Waals surface area contributed by atoms with Crippen molar-refractivity contribution in [3.8, 4) is 56.4 Å². The Bertz CT molecular complexity index is 2900. The molecule has 10 rings (SSSR count). The van der Waals surface area contributed by atoms with Gasteiger partial charge in [-0.1, -0.05) is 164 Å². The number of para-hydroxylation sites is 1. The summed E-state index contributed by atoms with van der Waals surface area (Å²) in [5, 5.41) is 6.87. The average Bonchev–Trinajstić information content (AvgIpc) is 3.60. The smallest absolute Gasteiger partial charge is 0.164 e. The third-order valence-corrected chi connectivity index (χ3v) is 9.77. The summed E-state index contributed by atoms with van der Waals surface area (Å²) < 4.78 is 6.25. The molecule has 0 N–H and O–H groups in total. The number of furan rings is 1. The first-order valence-corrected chi connectivity index (χ1v) is 17.1. The number of aromatic nitrogens is 3. The van der Waals surface area contributed by atoms with Gasteiger partial charge in [0.25, 0.3) is 0 Å².